The van der Waals surface area contributed by atoms with Gasteiger partial charge in [-0.15, -0.1) is 0 Å². The van der Waals surface area contributed by atoms with Crippen molar-refractivity contribution in [2.45, 2.75) is 12.5 Å². The molecular weight excluding hydrogens is 460 g/mol. The molecule has 1 atom stereocenters. The molecule has 3 aromatic rings. The van der Waals surface area contributed by atoms with Gasteiger partial charge in [0.25, 0.3) is 11.8 Å². The third-order valence-corrected chi connectivity index (χ3v) is 5.53. The maximum Gasteiger partial charge on any atom is 0.277 e. The lowest BCUT2D eigenvalue weighted by Gasteiger charge is -2.24. The summed E-state index contributed by atoms with van der Waals surface area (Å²) in [5, 5.41) is 14.5. The predicted molar refractivity (Wildman–Crippen MR) is 127 cm³/mol. The molecule has 2 amide bonds. The van der Waals surface area contributed by atoms with E-state index in [1.807, 2.05) is 42.5 Å². The summed E-state index contributed by atoms with van der Waals surface area (Å²) in [6, 6.07) is 18.9. The molecule has 2 heterocycles. The molecule has 0 bridgehead atoms. The van der Waals surface area contributed by atoms with Crippen molar-refractivity contribution < 1.29 is 14.0 Å². The van der Waals surface area contributed by atoms with Crippen molar-refractivity contribution in [2.24, 2.45) is 0 Å². The van der Waals surface area contributed by atoms with E-state index in [0.717, 1.165) is 11.1 Å². The van der Waals surface area contributed by atoms with Crippen molar-refractivity contribution >= 4 is 46.8 Å². The fourth-order valence-electron chi connectivity index (χ4n) is 3.48. The van der Waals surface area contributed by atoms with Crippen LogP contribution in [0.1, 0.15) is 11.3 Å². The number of benzene rings is 2. The topological polar surface area (TPSA) is 98.4 Å². The average molecular weight is 477 g/mol. The predicted octanol–water partition coefficient (Wildman–Crippen LogP) is 3.87. The van der Waals surface area contributed by atoms with E-state index in [-0.39, 0.29) is 17.2 Å². The Morgan fingerprint density at radius 1 is 1.21 bits per heavy atom. The lowest BCUT2D eigenvalue weighted by molar-refractivity contribution is -0.132. The fraction of sp³-hybridized carbons (Fsp3) is 0.0833. The molecule has 4 rings (SSSR count). The van der Waals surface area contributed by atoms with Gasteiger partial charge in [-0.25, -0.2) is 0 Å². The van der Waals surface area contributed by atoms with Crippen LogP contribution in [0.25, 0.3) is 17.4 Å². The molecule has 1 fully saturated rings. The lowest BCUT2D eigenvalue weighted by atomic mass is 10.0. The van der Waals surface area contributed by atoms with E-state index in [0.29, 0.717) is 16.5 Å². The Morgan fingerprint density at radius 2 is 2.00 bits per heavy atom. The van der Waals surface area contributed by atoms with Crippen LogP contribution in [0.3, 0.4) is 0 Å². The zero-order valence-electron chi connectivity index (χ0n) is 17.1. The SMILES string of the molecule is N#CNC(=O)C(Cc1ccccc1)N1C(=O)/C(=C\c2ccc(-c3cccc(Cl)c3)o2)NC1=S. The van der Waals surface area contributed by atoms with Crippen LogP contribution in [0.2, 0.25) is 5.02 Å². The second-order valence-electron chi connectivity index (χ2n) is 7.18. The van der Waals surface area contributed by atoms with Crippen molar-refractivity contribution in [3.05, 3.63) is 88.8 Å². The summed E-state index contributed by atoms with van der Waals surface area (Å²) in [7, 11) is 0. The Hall–Kier alpha value is -3.93. The Balaban J connectivity index is 1.60. The van der Waals surface area contributed by atoms with Gasteiger partial charge in [0.15, 0.2) is 11.3 Å². The van der Waals surface area contributed by atoms with E-state index < -0.39 is 17.9 Å². The van der Waals surface area contributed by atoms with Crippen molar-refractivity contribution in [3.63, 3.8) is 0 Å². The molecule has 1 aliphatic heterocycles. The smallest absolute Gasteiger partial charge is 0.277 e. The maximum atomic E-state index is 13.2. The molecule has 9 heteroatoms. The third kappa shape index (κ3) is 4.95. The molecule has 0 radical (unpaired) electrons. The first-order valence-electron chi connectivity index (χ1n) is 9.91. The largest absolute Gasteiger partial charge is 0.457 e. The van der Waals surface area contributed by atoms with Crippen molar-refractivity contribution in [1.29, 1.82) is 5.26 Å². The quantitative estimate of drug-likeness (QED) is 0.242. The molecule has 1 aliphatic rings. The summed E-state index contributed by atoms with van der Waals surface area (Å²) < 4.78 is 5.84. The van der Waals surface area contributed by atoms with Gasteiger partial charge in [0.1, 0.15) is 23.3 Å². The number of hydrogen-bond donors (Lipinski definition) is 2. The molecule has 0 saturated carbocycles. The van der Waals surface area contributed by atoms with Crippen LogP contribution < -0.4 is 10.6 Å². The maximum absolute atomic E-state index is 13.2. The van der Waals surface area contributed by atoms with Crippen molar-refractivity contribution in [3.8, 4) is 17.5 Å². The molecule has 0 spiro atoms. The van der Waals surface area contributed by atoms with Gasteiger partial charge in [0, 0.05) is 23.1 Å². The summed E-state index contributed by atoms with van der Waals surface area (Å²) in [5.74, 6) is -0.104. The van der Waals surface area contributed by atoms with E-state index in [2.05, 4.69) is 10.6 Å². The highest BCUT2D eigenvalue weighted by Gasteiger charge is 2.39. The molecule has 1 unspecified atom stereocenters. The standard InChI is InChI=1S/C24H17ClN4O3S/c25-17-8-4-7-16(12-17)21-10-9-18(32-21)13-19-23(31)29(24(33)28-19)20(22(30)27-14-26)11-15-5-2-1-3-6-15/h1-10,12-13,20H,11H2,(H,27,30)(H,28,33)/b19-13+. The number of rotatable bonds is 6. The highest BCUT2D eigenvalue weighted by molar-refractivity contribution is 7.80. The highest BCUT2D eigenvalue weighted by Crippen LogP contribution is 2.27. The number of carbonyl (C=O) groups excluding carboxylic acids is 2. The van der Waals surface area contributed by atoms with Crippen LogP contribution >= 0.6 is 23.8 Å². The second kappa shape index (κ2) is 9.69. The minimum atomic E-state index is -0.996. The van der Waals surface area contributed by atoms with Crippen LogP contribution in [0, 0.1) is 11.5 Å². The summed E-state index contributed by atoms with van der Waals surface area (Å²) in [6.45, 7) is 0. The number of nitrogens with zero attached hydrogens (tertiary/aromatic N) is 2. The molecule has 164 valence electrons. The molecule has 2 N–H and O–H groups in total. The monoisotopic (exact) mass is 476 g/mol. The van der Waals surface area contributed by atoms with E-state index >= 15 is 0 Å². The molecule has 1 aromatic heterocycles. The van der Waals surface area contributed by atoms with Crippen LogP contribution in [0.5, 0.6) is 0 Å². The van der Waals surface area contributed by atoms with Crippen molar-refractivity contribution in [2.75, 3.05) is 0 Å². The summed E-state index contributed by atoms with van der Waals surface area (Å²) in [6.07, 6.45) is 3.33. The molecule has 0 aliphatic carbocycles. The zero-order valence-corrected chi connectivity index (χ0v) is 18.7. The van der Waals surface area contributed by atoms with E-state index in [4.69, 9.17) is 33.5 Å². The van der Waals surface area contributed by atoms with E-state index in [1.54, 1.807) is 30.5 Å². The van der Waals surface area contributed by atoms with Gasteiger partial charge in [-0.05, 0) is 42.0 Å². The van der Waals surface area contributed by atoms with Crippen molar-refractivity contribution in [1.82, 2.24) is 15.5 Å². The molecule has 2 aromatic carbocycles. The number of amides is 2. The molecular formula is C24H17ClN4O3S. The summed E-state index contributed by atoms with van der Waals surface area (Å²) in [4.78, 5) is 27.0. The first kappa shape index (κ1) is 22.3. The first-order valence-corrected chi connectivity index (χ1v) is 10.7. The number of hydrogen-bond acceptors (Lipinski definition) is 5. The van der Waals surface area contributed by atoms with Crippen LogP contribution in [-0.4, -0.2) is 27.9 Å². The van der Waals surface area contributed by atoms with Gasteiger partial charge in [-0.1, -0.05) is 54.1 Å². The summed E-state index contributed by atoms with van der Waals surface area (Å²) in [5.41, 5.74) is 1.78. The van der Waals surface area contributed by atoms with Gasteiger partial charge < -0.3 is 9.73 Å². The number of carbonyl (C=O) groups is 2. The van der Waals surface area contributed by atoms with Gasteiger partial charge in [0.2, 0.25) is 0 Å². The Kier molecular flexibility index (Phi) is 6.54. The van der Waals surface area contributed by atoms with E-state index in [1.165, 1.54) is 11.0 Å². The Bertz CT molecular complexity index is 1300. The molecule has 7 nitrogen and oxygen atoms in total. The lowest BCUT2D eigenvalue weighted by Crippen LogP contribution is -2.50. The van der Waals surface area contributed by atoms with Crippen LogP contribution in [-0.2, 0) is 16.0 Å². The number of thiocarbonyl (C=S) groups is 1. The van der Waals surface area contributed by atoms with Crippen LogP contribution in [0.4, 0.5) is 0 Å². The Morgan fingerprint density at radius 3 is 2.73 bits per heavy atom. The molecule has 33 heavy (non-hydrogen) atoms. The first-order chi connectivity index (χ1) is 16.0. The van der Waals surface area contributed by atoms with Gasteiger partial charge >= 0.3 is 0 Å². The minimum absolute atomic E-state index is 0.0712. The number of nitriles is 1. The molecule has 1 saturated heterocycles. The zero-order chi connectivity index (χ0) is 23.4. The van der Waals surface area contributed by atoms with E-state index in [9.17, 15) is 9.59 Å². The van der Waals surface area contributed by atoms with Gasteiger partial charge in [-0.2, -0.15) is 5.26 Å². The normalized spacial score (nSPS) is 15.3. The van der Waals surface area contributed by atoms with Gasteiger partial charge in [0.05, 0.1) is 0 Å². The highest BCUT2D eigenvalue weighted by atomic mass is 35.5. The number of halogens is 1. The van der Waals surface area contributed by atoms with Crippen LogP contribution in [0.15, 0.2) is 76.8 Å². The number of furan rings is 1. The summed E-state index contributed by atoms with van der Waals surface area (Å²) >= 11 is 11.4. The van der Waals surface area contributed by atoms with Gasteiger partial charge in [-0.3, -0.25) is 19.8 Å². The average Bonchev–Trinajstić information content (AvgIpc) is 3.38. The Labute approximate surface area is 200 Å². The fourth-order valence-corrected chi connectivity index (χ4v) is 3.99. The number of nitrogens with one attached hydrogen (secondary N) is 2. The minimum Gasteiger partial charge on any atom is -0.457 e. The second-order valence-corrected chi connectivity index (χ2v) is 8.01. The third-order valence-electron chi connectivity index (χ3n) is 5.00.